The first-order valence-corrected chi connectivity index (χ1v) is 6.54. The van der Waals surface area contributed by atoms with Gasteiger partial charge in [0.15, 0.2) is 0 Å². The molecule has 0 spiro atoms. The van der Waals surface area contributed by atoms with Crippen molar-refractivity contribution in [2.75, 3.05) is 26.3 Å². The molecular formula is C14H16N2O4. The molecule has 1 aromatic carbocycles. The number of carboxylic acid groups (broad SMARTS) is 1. The average Bonchev–Trinajstić information content (AvgIpc) is 2.89. The fourth-order valence-electron chi connectivity index (χ4n) is 2.23. The van der Waals surface area contributed by atoms with E-state index in [4.69, 9.17) is 14.3 Å². The highest BCUT2D eigenvalue weighted by molar-refractivity contribution is 5.91. The molecule has 1 fully saturated rings. The number of benzene rings is 1. The number of rotatable bonds is 4. The largest absolute Gasteiger partial charge is 0.475 e. The van der Waals surface area contributed by atoms with Gasteiger partial charge < -0.3 is 14.3 Å². The van der Waals surface area contributed by atoms with Gasteiger partial charge in [-0.15, -0.1) is 0 Å². The van der Waals surface area contributed by atoms with Crippen LogP contribution in [-0.4, -0.2) is 42.4 Å². The summed E-state index contributed by atoms with van der Waals surface area (Å²) >= 11 is 0. The standard InChI is InChI=1S/C14H16N2O4/c17-14(18)13-8-11-7-10(1-2-12(11)20-13)9-15-16-3-5-19-6-4-16/h1-2,7-8,15H,3-6,9H2,(H,17,18). The van der Waals surface area contributed by atoms with Crippen molar-refractivity contribution in [3.8, 4) is 0 Å². The van der Waals surface area contributed by atoms with Crippen LogP contribution < -0.4 is 5.43 Å². The molecule has 0 unspecified atom stereocenters. The Balaban J connectivity index is 1.70. The van der Waals surface area contributed by atoms with Gasteiger partial charge in [-0.3, -0.25) is 5.43 Å². The van der Waals surface area contributed by atoms with Crippen LogP contribution in [0, 0.1) is 0 Å². The topological polar surface area (TPSA) is 74.9 Å². The number of carboxylic acids is 1. The van der Waals surface area contributed by atoms with Crippen molar-refractivity contribution in [3.05, 3.63) is 35.6 Å². The first kappa shape index (κ1) is 13.1. The minimum absolute atomic E-state index is 0.0294. The Hall–Kier alpha value is -1.89. The summed E-state index contributed by atoms with van der Waals surface area (Å²) in [6.07, 6.45) is 0. The molecule has 0 amide bonds. The van der Waals surface area contributed by atoms with Crippen LogP contribution in [0.5, 0.6) is 0 Å². The zero-order chi connectivity index (χ0) is 13.9. The Morgan fingerprint density at radius 3 is 2.85 bits per heavy atom. The van der Waals surface area contributed by atoms with Gasteiger partial charge in [-0.25, -0.2) is 9.80 Å². The van der Waals surface area contributed by atoms with Crippen molar-refractivity contribution in [1.29, 1.82) is 0 Å². The molecule has 20 heavy (non-hydrogen) atoms. The van der Waals surface area contributed by atoms with Crippen LogP contribution >= 0.6 is 0 Å². The SMILES string of the molecule is O=C(O)c1cc2cc(CNN3CCOCC3)ccc2o1. The Labute approximate surface area is 115 Å². The maximum Gasteiger partial charge on any atom is 0.371 e. The molecule has 6 heteroatoms. The summed E-state index contributed by atoms with van der Waals surface area (Å²) in [5.41, 5.74) is 5.02. The third-order valence-corrected chi connectivity index (χ3v) is 3.31. The van der Waals surface area contributed by atoms with E-state index in [2.05, 4.69) is 10.4 Å². The normalized spacial score (nSPS) is 16.6. The van der Waals surface area contributed by atoms with Gasteiger partial charge >= 0.3 is 5.97 Å². The number of ether oxygens (including phenoxy) is 1. The monoisotopic (exact) mass is 276 g/mol. The van der Waals surface area contributed by atoms with Crippen molar-refractivity contribution >= 4 is 16.9 Å². The molecule has 2 N–H and O–H groups in total. The molecule has 0 aliphatic carbocycles. The predicted molar refractivity (Wildman–Crippen MR) is 72.4 cm³/mol. The highest BCUT2D eigenvalue weighted by atomic mass is 16.5. The number of hydrazine groups is 1. The highest BCUT2D eigenvalue weighted by Crippen LogP contribution is 2.20. The van der Waals surface area contributed by atoms with Gasteiger partial charge in [-0.2, -0.15) is 0 Å². The summed E-state index contributed by atoms with van der Waals surface area (Å²) < 4.78 is 10.5. The molecule has 106 valence electrons. The van der Waals surface area contributed by atoms with Gasteiger partial charge in [-0.1, -0.05) is 6.07 Å². The number of fused-ring (bicyclic) bond motifs is 1. The van der Waals surface area contributed by atoms with E-state index in [-0.39, 0.29) is 5.76 Å². The smallest absolute Gasteiger partial charge is 0.371 e. The van der Waals surface area contributed by atoms with E-state index < -0.39 is 5.97 Å². The van der Waals surface area contributed by atoms with Crippen LogP contribution in [0.25, 0.3) is 11.0 Å². The van der Waals surface area contributed by atoms with Crippen molar-refractivity contribution < 1.29 is 19.1 Å². The molecule has 1 aliphatic heterocycles. The summed E-state index contributed by atoms with van der Waals surface area (Å²) in [7, 11) is 0. The van der Waals surface area contributed by atoms with Crippen molar-refractivity contribution in [3.63, 3.8) is 0 Å². The van der Waals surface area contributed by atoms with Crippen molar-refractivity contribution in [2.24, 2.45) is 0 Å². The number of furan rings is 1. The lowest BCUT2D eigenvalue weighted by Gasteiger charge is -2.27. The minimum atomic E-state index is -1.05. The van der Waals surface area contributed by atoms with Gasteiger partial charge in [0, 0.05) is 25.0 Å². The molecule has 2 aromatic rings. The lowest BCUT2D eigenvalue weighted by molar-refractivity contribution is 0.0106. The first-order valence-electron chi connectivity index (χ1n) is 6.54. The maximum atomic E-state index is 10.9. The van der Waals surface area contributed by atoms with Gasteiger partial charge in [0.05, 0.1) is 13.2 Å². The summed E-state index contributed by atoms with van der Waals surface area (Å²) in [6.45, 7) is 3.93. The third-order valence-electron chi connectivity index (χ3n) is 3.31. The number of hydrogen-bond acceptors (Lipinski definition) is 5. The summed E-state index contributed by atoms with van der Waals surface area (Å²) in [5.74, 6) is -1.08. The van der Waals surface area contributed by atoms with Crippen molar-refractivity contribution in [1.82, 2.24) is 10.4 Å². The fourth-order valence-corrected chi connectivity index (χ4v) is 2.23. The average molecular weight is 276 g/mol. The summed E-state index contributed by atoms with van der Waals surface area (Å²) in [4.78, 5) is 10.9. The molecule has 0 atom stereocenters. The summed E-state index contributed by atoms with van der Waals surface area (Å²) in [6, 6.07) is 7.23. The van der Waals surface area contributed by atoms with E-state index in [1.54, 1.807) is 12.1 Å². The molecule has 1 aromatic heterocycles. The maximum absolute atomic E-state index is 10.9. The van der Waals surface area contributed by atoms with E-state index in [0.717, 1.165) is 37.3 Å². The predicted octanol–water partition coefficient (Wildman–Crippen LogP) is 1.47. The number of aromatic carboxylic acids is 1. The molecule has 2 heterocycles. The van der Waals surface area contributed by atoms with Gasteiger partial charge in [0.1, 0.15) is 5.58 Å². The second-order valence-corrected chi connectivity index (χ2v) is 4.72. The lowest BCUT2D eigenvalue weighted by atomic mass is 10.1. The van der Waals surface area contributed by atoms with Crippen LogP contribution in [0.15, 0.2) is 28.7 Å². The zero-order valence-electron chi connectivity index (χ0n) is 11.0. The van der Waals surface area contributed by atoms with Crippen LogP contribution in [0.1, 0.15) is 16.1 Å². The molecule has 0 saturated carbocycles. The van der Waals surface area contributed by atoms with Crippen LogP contribution in [0.3, 0.4) is 0 Å². The first-order chi connectivity index (χ1) is 9.72. The Kier molecular flexibility index (Phi) is 3.68. The van der Waals surface area contributed by atoms with E-state index >= 15 is 0 Å². The quantitative estimate of drug-likeness (QED) is 0.880. The molecule has 1 saturated heterocycles. The Bertz CT molecular complexity index is 617. The Morgan fingerprint density at radius 2 is 2.10 bits per heavy atom. The number of morpholine rings is 1. The van der Waals surface area contributed by atoms with E-state index in [1.807, 2.05) is 12.1 Å². The molecule has 1 aliphatic rings. The van der Waals surface area contributed by atoms with Gasteiger partial charge in [-0.05, 0) is 23.8 Å². The minimum Gasteiger partial charge on any atom is -0.475 e. The third kappa shape index (κ3) is 2.82. The van der Waals surface area contributed by atoms with Crippen LogP contribution in [0.4, 0.5) is 0 Å². The molecule has 3 rings (SSSR count). The molecule has 0 radical (unpaired) electrons. The Morgan fingerprint density at radius 1 is 1.30 bits per heavy atom. The molecule has 6 nitrogen and oxygen atoms in total. The van der Waals surface area contributed by atoms with Crippen molar-refractivity contribution in [2.45, 2.75) is 6.54 Å². The molecular weight excluding hydrogens is 260 g/mol. The van der Waals surface area contributed by atoms with Crippen LogP contribution in [0.2, 0.25) is 0 Å². The highest BCUT2D eigenvalue weighted by Gasteiger charge is 2.12. The molecule has 0 bridgehead atoms. The number of nitrogens with one attached hydrogen (secondary N) is 1. The summed E-state index contributed by atoms with van der Waals surface area (Å²) in [5, 5.41) is 11.8. The number of carbonyl (C=O) groups is 1. The number of hydrogen-bond donors (Lipinski definition) is 2. The lowest BCUT2D eigenvalue weighted by Crippen LogP contribution is -2.45. The van der Waals surface area contributed by atoms with Gasteiger partial charge in [0.25, 0.3) is 0 Å². The zero-order valence-corrected chi connectivity index (χ0v) is 11.0. The van der Waals surface area contributed by atoms with Gasteiger partial charge in [0.2, 0.25) is 5.76 Å². The van der Waals surface area contributed by atoms with E-state index in [1.165, 1.54) is 0 Å². The second kappa shape index (κ2) is 5.62. The second-order valence-electron chi connectivity index (χ2n) is 4.72. The number of nitrogens with zero attached hydrogens (tertiary/aromatic N) is 1. The van der Waals surface area contributed by atoms with E-state index in [0.29, 0.717) is 12.1 Å². The fraction of sp³-hybridized carbons (Fsp3) is 0.357. The van der Waals surface area contributed by atoms with Crippen LogP contribution in [-0.2, 0) is 11.3 Å². The van der Waals surface area contributed by atoms with E-state index in [9.17, 15) is 4.79 Å².